The minimum absolute atomic E-state index is 0.0720. The first-order chi connectivity index (χ1) is 8.54. The van der Waals surface area contributed by atoms with Gasteiger partial charge in [-0.1, -0.05) is 17.7 Å². The van der Waals surface area contributed by atoms with Crippen molar-refractivity contribution in [2.75, 3.05) is 20.8 Å². The number of hydrogen-bond acceptors (Lipinski definition) is 4. The Labute approximate surface area is 113 Å². The molecule has 5 heteroatoms. The zero-order valence-electron chi connectivity index (χ0n) is 11.2. The van der Waals surface area contributed by atoms with Crippen molar-refractivity contribution in [3.05, 3.63) is 22.7 Å². The first kappa shape index (κ1) is 15.1. The molecule has 0 aliphatic carbocycles. The molecule has 0 aliphatic heterocycles. The Hall–Kier alpha value is -0.970. The summed E-state index contributed by atoms with van der Waals surface area (Å²) >= 11 is 6.31. The van der Waals surface area contributed by atoms with Gasteiger partial charge < -0.3 is 19.9 Å². The topological polar surface area (TPSA) is 53.7 Å². The van der Waals surface area contributed by atoms with E-state index < -0.39 is 0 Å². The van der Waals surface area contributed by atoms with Gasteiger partial charge in [0.05, 0.1) is 31.5 Å². The van der Waals surface area contributed by atoms with E-state index in [1.54, 1.807) is 20.3 Å². The number of hydrogen-bond donors (Lipinski definition) is 1. The summed E-state index contributed by atoms with van der Waals surface area (Å²) in [6, 6.07) is 3.65. The predicted molar refractivity (Wildman–Crippen MR) is 72.6 cm³/mol. The van der Waals surface area contributed by atoms with Gasteiger partial charge in [0.15, 0.2) is 11.5 Å². The van der Waals surface area contributed by atoms with E-state index in [-0.39, 0.29) is 12.2 Å². The van der Waals surface area contributed by atoms with Gasteiger partial charge in [0, 0.05) is 12.1 Å². The van der Waals surface area contributed by atoms with Gasteiger partial charge in [0.1, 0.15) is 0 Å². The Morgan fingerprint density at radius 1 is 1.22 bits per heavy atom. The van der Waals surface area contributed by atoms with Gasteiger partial charge in [-0.15, -0.1) is 0 Å². The zero-order chi connectivity index (χ0) is 13.7. The molecule has 18 heavy (non-hydrogen) atoms. The maximum Gasteiger partial charge on any atom is 0.179 e. The van der Waals surface area contributed by atoms with E-state index in [2.05, 4.69) is 0 Å². The molecule has 0 saturated carbocycles. The Morgan fingerprint density at radius 2 is 1.89 bits per heavy atom. The van der Waals surface area contributed by atoms with Crippen LogP contribution in [0.3, 0.4) is 0 Å². The molecule has 0 heterocycles. The van der Waals surface area contributed by atoms with E-state index >= 15 is 0 Å². The summed E-state index contributed by atoms with van der Waals surface area (Å²) in [6.45, 7) is 4.27. The van der Waals surface area contributed by atoms with E-state index in [1.165, 1.54) is 0 Å². The third-order valence-electron chi connectivity index (χ3n) is 2.51. The van der Waals surface area contributed by atoms with Gasteiger partial charge in [0.25, 0.3) is 0 Å². The first-order valence-corrected chi connectivity index (χ1v) is 6.18. The molecule has 0 saturated heterocycles. The molecule has 4 nitrogen and oxygen atoms in total. The van der Waals surface area contributed by atoms with Crippen LogP contribution in [0.1, 0.15) is 25.5 Å². The summed E-state index contributed by atoms with van der Waals surface area (Å²) in [4.78, 5) is 0. The maximum absolute atomic E-state index is 6.31. The fourth-order valence-corrected chi connectivity index (χ4v) is 2.09. The van der Waals surface area contributed by atoms with Crippen molar-refractivity contribution in [3.63, 3.8) is 0 Å². The number of nitrogens with two attached hydrogens (primary N) is 1. The van der Waals surface area contributed by atoms with Crippen LogP contribution in [0, 0.1) is 0 Å². The molecule has 2 N–H and O–H groups in total. The Morgan fingerprint density at radius 3 is 2.33 bits per heavy atom. The normalized spacial score (nSPS) is 12.6. The SMILES string of the molecule is COc1ccc(C(CN)OC(C)C)c(Cl)c1OC. The zero-order valence-corrected chi connectivity index (χ0v) is 12.0. The molecule has 0 fully saturated rings. The summed E-state index contributed by atoms with van der Waals surface area (Å²) in [5, 5.41) is 0.480. The van der Waals surface area contributed by atoms with E-state index in [0.29, 0.717) is 23.1 Å². The molecule has 1 atom stereocenters. The second-order valence-corrected chi connectivity index (χ2v) is 4.49. The Kier molecular flexibility index (Phi) is 5.72. The first-order valence-electron chi connectivity index (χ1n) is 5.81. The second kappa shape index (κ2) is 6.83. The molecular formula is C13H20ClNO3. The van der Waals surface area contributed by atoms with Crippen molar-refractivity contribution in [2.45, 2.75) is 26.1 Å². The lowest BCUT2D eigenvalue weighted by Gasteiger charge is -2.22. The maximum atomic E-state index is 6.31. The molecule has 1 rings (SSSR count). The van der Waals surface area contributed by atoms with Crippen molar-refractivity contribution in [1.29, 1.82) is 0 Å². The third kappa shape index (κ3) is 3.28. The van der Waals surface area contributed by atoms with Gasteiger partial charge in [0.2, 0.25) is 0 Å². The van der Waals surface area contributed by atoms with Gasteiger partial charge in [-0.05, 0) is 19.9 Å². The van der Waals surface area contributed by atoms with Crippen molar-refractivity contribution in [2.24, 2.45) is 5.73 Å². The molecule has 0 radical (unpaired) electrons. The quantitative estimate of drug-likeness (QED) is 0.866. The summed E-state index contributed by atoms with van der Waals surface area (Å²) < 4.78 is 16.2. The molecule has 0 aliphatic rings. The number of ether oxygens (including phenoxy) is 3. The second-order valence-electron chi connectivity index (χ2n) is 4.11. The highest BCUT2D eigenvalue weighted by Gasteiger charge is 2.20. The van der Waals surface area contributed by atoms with Gasteiger partial charge >= 0.3 is 0 Å². The largest absolute Gasteiger partial charge is 0.493 e. The monoisotopic (exact) mass is 273 g/mol. The minimum Gasteiger partial charge on any atom is -0.493 e. The Bertz CT molecular complexity index is 396. The summed E-state index contributed by atoms with van der Waals surface area (Å²) in [5.41, 5.74) is 6.54. The predicted octanol–water partition coefficient (Wildman–Crippen LogP) is 2.78. The van der Waals surface area contributed by atoms with E-state index in [0.717, 1.165) is 5.56 Å². The number of methoxy groups -OCH3 is 2. The molecular weight excluding hydrogens is 254 g/mol. The van der Waals surface area contributed by atoms with Crippen LogP contribution < -0.4 is 15.2 Å². The van der Waals surface area contributed by atoms with Gasteiger partial charge in [-0.3, -0.25) is 0 Å². The van der Waals surface area contributed by atoms with E-state index in [9.17, 15) is 0 Å². The van der Waals surface area contributed by atoms with Gasteiger partial charge in [-0.25, -0.2) is 0 Å². The molecule has 102 valence electrons. The molecule has 0 amide bonds. The van der Waals surface area contributed by atoms with Crippen LogP contribution in [0.2, 0.25) is 5.02 Å². The van der Waals surface area contributed by atoms with Crippen molar-refractivity contribution >= 4 is 11.6 Å². The molecule has 1 aromatic carbocycles. The molecule has 0 spiro atoms. The van der Waals surface area contributed by atoms with Crippen LogP contribution in [0.25, 0.3) is 0 Å². The molecule has 0 aromatic heterocycles. The van der Waals surface area contributed by atoms with E-state index in [1.807, 2.05) is 19.9 Å². The third-order valence-corrected chi connectivity index (χ3v) is 2.90. The van der Waals surface area contributed by atoms with Gasteiger partial charge in [-0.2, -0.15) is 0 Å². The van der Waals surface area contributed by atoms with Crippen molar-refractivity contribution in [1.82, 2.24) is 0 Å². The highest BCUT2D eigenvalue weighted by atomic mass is 35.5. The summed E-state index contributed by atoms with van der Waals surface area (Å²) in [7, 11) is 3.12. The molecule has 1 unspecified atom stereocenters. The van der Waals surface area contributed by atoms with Crippen molar-refractivity contribution < 1.29 is 14.2 Å². The smallest absolute Gasteiger partial charge is 0.179 e. The summed E-state index contributed by atoms with van der Waals surface area (Å²) in [5.74, 6) is 1.09. The minimum atomic E-state index is -0.252. The standard InChI is InChI=1S/C13H20ClNO3/c1-8(2)18-11(7-15)9-5-6-10(16-3)13(17-4)12(9)14/h5-6,8,11H,7,15H2,1-4H3. The van der Waals surface area contributed by atoms with Crippen LogP contribution in [-0.2, 0) is 4.74 Å². The molecule has 0 bridgehead atoms. The lowest BCUT2D eigenvalue weighted by Crippen LogP contribution is -2.19. The van der Waals surface area contributed by atoms with Crippen molar-refractivity contribution in [3.8, 4) is 11.5 Å². The fourth-order valence-electron chi connectivity index (χ4n) is 1.74. The van der Waals surface area contributed by atoms with Crippen LogP contribution >= 0.6 is 11.6 Å². The number of benzene rings is 1. The highest BCUT2D eigenvalue weighted by Crippen LogP contribution is 2.40. The van der Waals surface area contributed by atoms with Crippen LogP contribution in [0.4, 0.5) is 0 Å². The number of halogens is 1. The lowest BCUT2D eigenvalue weighted by atomic mass is 10.1. The van der Waals surface area contributed by atoms with E-state index in [4.69, 9.17) is 31.5 Å². The highest BCUT2D eigenvalue weighted by molar-refractivity contribution is 6.33. The van der Waals surface area contributed by atoms with Crippen LogP contribution in [0.5, 0.6) is 11.5 Å². The summed E-state index contributed by atoms with van der Waals surface area (Å²) in [6.07, 6.45) is -0.181. The average molecular weight is 274 g/mol. The van der Waals surface area contributed by atoms with Crippen LogP contribution in [0.15, 0.2) is 12.1 Å². The molecule has 1 aromatic rings. The lowest BCUT2D eigenvalue weighted by molar-refractivity contribution is 0.0119. The fraction of sp³-hybridized carbons (Fsp3) is 0.538. The number of rotatable bonds is 6. The van der Waals surface area contributed by atoms with Crippen LogP contribution in [-0.4, -0.2) is 26.9 Å². The average Bonchev–Trinajstić information content (AvgIpc) is 2.35. The Balaban J connectivity index is 3.16.